The first-order valence-electron chi connectivity index (χ1n) is 5.55. The van der Waals surface area contributed by atoms with Crippen molar-refractivity contribution in [2.24, 2.45) is 0 Å². The van der Waals surface area contributed by atoms with Crippen LogP contribution in [0.3, 0.4) is 0 Å². The first-order valence-corrected chi connectivity index (χ1v) is 5.55. The van der Waals surface area contributed by atoms with Gasteiger partial charge in [0.15, 0.2) is 0 Å². The highest BCUT2D eigenvalue weighted by Gasteiger charge is 2.08. The molecule has 0 atom stereocenters. The van der Waals surface area contributed by atoms with Gasteiger partial charge in [-0.25, -0.2) is 4.79 Å². The normalized spacial score (nSPS) is 9.89. The number of aromatic nitrogens is 2. The number of carbonyl (C=O) groups excluding carboxylic acids is 1. The van der Waals surface area contributed by atoms with Crippen LogP contribution in [0.4, 0.5) is 11.5 Å². The highest BCUT2D eigenvalue weighted by molar-refractivity contribution is 5.77. The van der Waals surface area contributed by atoms with Crippen molar-refractivity contribution in [1.82, 2.24) is 9.97 Å². The number of amides is 1. The molecular formula is C12H12N4O3. The summed E-state index contributed by atoms with van der Waals surface area (Å²) in [5.74, 6) is 0.171. The molecule has 4 N–H and O–H groups in total. The van der Waals surface area contributed by atoms with Crippen LogP contribution in [0.15, 0.2) is 39.9 Å². The summed E-state index contributed by atoms with van der Waals surface area (Å²) >= 11 is 0. The summed E-state index contributed by atoms with van der Waals surface area (Å²) < 4.78 is 0. The van der Waals surface area contributed by atoms with E-state index in [0.717, 1.165) is 5.56 Å². The van der Waals surface area contributed by atoms with Crippen molar-refractivity contribution >= 4 is 17.9 Å². The topological polar surface area (TPSA) is 107 Å². The Labute approximate surface area is 107 Å². The molecule has 0 saturated heterocycles. The average molecular weight is 260 g/mol. The van der Waals surface area contributed by atoms with Crippen LogP contribution in [-0.2, 0) is 11.3 Å². The molecule has 1 aromatic carbocycles. The quantitative estimate of drug-likeness (QED) is 0.578. The largest absolute Gasteiger partial charge is 0.366 e. The molecule has 0 aliphatic rings. The van der Waals surface area contributed by atoms with Crippen LogP contribution in [0.5, 0.6) is 0 Å². The number of aromatic amines is 2. The molecule has 2 rings (SSSR count). The Bertz CT molecular complexity index is 675. The average Bonchev–Trinajstić information content (AvgIpc) is 2.41. The molecule has 0 spiro atoms. The van der Waals surface area contributed by atoms with Gasteiger partial charge in [-0.3, -0.25) is 19.6 Å². The second-order valence-corrected chi connectivity index (χ2v) is 3.76. The van der Waals surface area contributed by atoms with Crippen molar-refractivity contribution in [2.45, 2.75) is 6.54 Å². The minimum absolute atomic E-state index is 0.0227. The van der Waals surface area contributed by atoms with Gasteiger partial charge in [0.05, 0.1) is 0 Å². The summed E-state index contributed by atoms with van der Waals surface area (Å²) in [6.45, 7) is 0.410. The second-order valence-electron chi connectivity index (χ2n) is 3.76. The summed E-state index contributed by atoms with van der Waals surface area (Å²) in [5, 5.41) is 5.15. The summed E-state index contributed by atoms with van der Waals surface area (Å²) in [6, 6.07) is 9.43. The van der Waals surface area contributed by atoms with E-state index in [4.69, 9.17) is 0 Å². The van der Waals surface area contributed by atoms with Gasteiger partial charge in [0.2, 0.25) is 6.41 Å². The molecule has 0 aliphatic carbocycles. The molecule has 1 heterocycles. The number of hydrogen-bond donors (Lipinski definition) is 4. The zero-order valence-corrected chi connectivity index (χ0v) is 9.90. The minimum Gasteiger partial charge on any atom is -0.366 e. The Kier molecular flexibility index (Phi) is 3.77. The van der Waals surface area contributed by atoms with E-state index >= 15 is 0 Å². The third-order valence-corrected chi connectivity index (χ3v) is 2.46. The fraction of sp³-hybridized carbons (Fsp3) is 0.0833. The van der Waals surface area contributed by atoms with Crippen molar-refractivity contribution in [1.29, 1.82) is 0 Å². The van der Waals surface area contributed by atoms with E-state index in [-0.39, 0.29) is 11.5 Å². The van der Waals surface area contributed by atoms with Gasteiger partial charge in [0, 0.05) is 6.54 Å². The van der Waals surface area contributed by atoms with Gasteiger partial charge in [-0.05, 0) is 5.56 Å². The first kappa shape index (κ1) is 12.6. The highest BCUT2D eigenvalue weighted by atomic mass is 16.2. The van der Waals surface area contributed by atoms with Gasteiger partial charge in [0.25, 0.3) is 5.56 Å². The molecule has 0 aliphatic heterocycles. The molecule has 0 fully saturated rings. The van der Waals surface area contributed by atoms with Crippen LogP contribution in [0.25, 0.3) is 0 Å². The lowest BCUT2D eigenvalue weighted by molar-refractivity contribution is -0.105. The van der Waals surface area contributed by atoms with Crippen LogP contribution in [0, 0.1) is 0 Å². The maximum absolute atomic E-state index is 11.5. The monoisotopic (exact) mass is 260 g/mol. The van der Waals surface area contributed by atoms with Gasteiger partial charge < -0.3 is 10.6 Å². The lowest BCUT2D eigenvalue weighted by Gasteiger charge is -2.09. The van der Waals surface area contributed by atoms with Gasteiger partial charge >= 0.3 is 5.69 Å². The molecule has 0 saturated carbocycles. The smallest absolute Gasteiger partial charge is 0.327 e. The van der Waals surface area contributed by atoms with Crippen LogP contribution >= 0.6 is 0 Å². The van der Waals surface area contributed by atoms with E-state index < -0.39 is 11.2 Å². The predicted molar refractivity (Wildman–Crippen MR) is 71.1 cm³/mol. The van der Waals surface area contributed by atoms with Gasteiger partial charge in [-0.15, -0.1) is 0 Å². The summed E-state index contributed by atoms with van der Waals surface area (Å²) in [6.07, 6.45) is 0.372. The van der Waals surface area contributed by atoms with Gasteiger partial charge in [-0.2, -0.15) is 0 Å². The van der Waals surface area contributed by atoms with Gasteiger partial charge in [-0.1, -0.05) is 30.3 Å². The molecule has 0 bridgehead atoms. The van der Waals surface area contributed by atoms with Crippen molar-refractivity contribution < 1.29 is 4.79 Å². The molecule has 1 aromatic heterocycles. The van der Waals surface area contributed by atoms with E-state index in [1.54, 1.807) is 0 Å². The minimum atomic E-state index is -0.661. The third-order valence-electron chi connectivity index (χ3n) is 2.46. The maximum Gasteiger partial charge on any atom is 0.327 e. The van der Waals surface area contributed by atoms with Gasteiger partial charge in [0.1, 0.15) is 11.5 Å². The molecule has 7 nitrogen and oxygen atoms in total. The standard InChI is InChI=1S/C12H12N4O3/c17-7-14-9-10(15-12(19)16-11(9)18)13-6-8-4-2-1-3-5-8/h1-5,7H,6H2,(H,14,17)(H3,13,15,16,18,19). The van der Waals surface area contributed by atoms with Crippen LogP contribution in [0.2, 0.25) is 0 Å². The first-order chi connectivity index (χ1) is 9.20. The zero-order chi connectivity index (χ0) is 13.7. The Morgan fingerprint density at radius 3 is 2.53 bits per heavy atom. The maximum atomic E-state index is 11.5. The Hall–Kier alpha value is -2.83. The number of rotatable bonds is 5. The van der Waals surface area contributed by atoms with E-state index in [1.807, 2.05) is 35.3 Å². The molecule has 0 radical (unpaired) electrons. The molecule has 7 heteroatoms. The van der Waals surface area contributed by atoms with Crippen LogP contribution in [-0.4, -0.2) is 16.4 Å². The van der Waals surface area contributed by atoms with E-state index in [1.165, 1.54) is 0 Å². The molecular weight excluding hydrogens is 248 g/mol. The third kappa shape index (κ3) is 3.09. The van der Waals surface area contributed by atoms with Crippen molar-refractivity contribution in [3.63, 3.8) is 0 Å². The Morgan fingerprint density at radius 2 is 1.84 bits per heavy atom. The number of benzene rings is 1. The lowest BCUT2D eigenvalue weighted by Crippen LogP contribution is -2.27. The second kappa shape index (κ2) is 5.67. The van der Waals surface area contributed by atoms with Crippen molar-refractivity contribution in [2.75, 3.05) is 10.6 Å². The van der Waals surface area contributed by atoms with Crippen molar-refractivity contribution in [3.05, 3.63) is 56.7 Å². The highest BCUT2D eigenvalue weighted by Crippen LogP contribution is 2.11. The SMILES string of the molecule is O=CNc1c(NCc2ccccc2)[nH]c(=O)[nH]c1=O. The summed E-state index contributed by atoms with van der Waals surface area (Å²) in [7, 11) is 0. The molecule has 1 amide bonds. The van der Waals surface area contributed by atoms with Crippen LogP contribution < -0.4 is 21.9 Å². The predicted octanol–water partition coefficient (Wildman–Crippen LogP) is 0.244. The van der Waals surface area contributed by atoms with Crippen LogP contribution in [0.1, 0.15) is 5.56 Å². The van der Waals surface area contributed by atoms with Crippen molar-refractivity contribution in [3.8, 4) is 0 Å². The molecule has 98 valence electrons. The number of H-pyrrole nitrogens is 2. The number of anilines is 2. The fourth-order valence-electron chi connectivity index (χ4n) is 1.60. The molecule has 19 heavy (non-hydrogen) atoms. The summed E-state index contributed by atoms with van der Waals surface area (Å²) in [5.41, 5.74) is -0.352. The zero-order valence-electron chi connectivity index (χ0n) is 9.90. The molecule has 0 unspecified atom stereocenters. The number of carbonyl (C=O) groups is 1. The fourth-order valence-corrected chi connectivity index (χ4v) is 1.60. The lowest BCUT2D eigenvalue weighted by atomic mass is 10.2. The van der Waals surface area contributed by atoms with E-state index in [9.17, 15) is 14.4 Å². The van der Waals surface area contributed by atoms with E-state index in [0.29, 0.717) is 13.0 Å². The summed E-state index contributed by atoms with van der Waals surface area (Å²) in [4.78, 5) is 37.7. The Morgan fingerprint density at radius 1 is 1.11 bits per heavy atom. The Balaban J connectivity index is 2.26. The molecule has 2 aromatic rings. The van der Waals surface area contributed by atoms with E-state index in [2.05, 4.69) is 15.6 Å². The number of hydrogen-bond acceptors (Lipinski definition) is 4. The number of nitrogens with one attached hydrogen (secondary N) is 4.